The van der Waals surface area contributed by atoms with Gasteiger partial charge in [-0.15, -0.1) is 24.0 Å². The number of hydrogen-bond donors (Lipinski definition) is 3. The average Bonchev–Trinajstić information content (AvgIpc) is 2.68. The monoisotopic (exact) mass is 564 g/mol. The lowest BCUT2D eigenvalue weighted by Crippen LogP contribution is -2.48. The van der Waals surface area contributed by atoms with E-state index in [1.807, 2.05) is 27.7 Å². The highest BCUT2D eigenvalue weighted by molar-refractivity contribution is 14.0. The number of halogens is 2. The van der Waals surface area contributed by atoms with Crippen LogP contribution in [-0.4, -0.2) is 43.4 Å². The van der Waals surface area contributed by atoms with Gasteiger partial charge < -0.3 is 25.4 Å². The quantitative estimate of drug-likeness (QED) is 0.259. The van der Waals surface area contributed by atoms with Gasteiger partial charge in [0.05, 0.1) is 13.2 Å². The van der Waals surface area contributed by atoms with Crippen LogP contribution in [0.4, 0.5) is 9.18 Å². The van der Waals surface area contributed by atoms with E-state index in [0.717, 1.165) is 43.8 Å². The average molecular weight is 564 g/mol. The Labute approximate surface area is 208 Å². The van der Waals surface area contributed by atoms with Crippen LogP contribution >= 0.6 is 24.0 Å². The SMILES string of the molecule is CCNC(=NCc1ccc(F)c(COC)c1)NC1CCC(NC(=O)OC(C)(C)C)CC1.I. The normalized spacial score (nSPS) is 19.0. The molecule has 0 unspecified atom stereocenters. The second-order valence-electron chi connectivity index (χ2n) is 8.89. The van der Waals surface area contributed by atoms with Crippen LogP contribution in [0.5, 0.6) is 0 Å². The highest BCUT2D eigenvalue weighted by Crippen LogP contribution is 2.19. The molecule has 0 heterocycles. The minimum absolute atomic E-state index is 0. The van der Waals surface area contributed by atoms with E-state index in [4.69, 9.17) is 9.47 Å². The number of nitrogens with one attached hydrogen (secondary N) is 3. The predicted molar refractivity (Wildman–Crippen MR) is 136 cm³/mol. The van der Waals surface area contributed by atoms with Crippen LogP contribution in [0.1, 0.15) is 64.5 Å². The van der Waals surface area contributed by atoms with Crippen LogP contribution in [0, 0.1) is 5.82 Å². The number of methoxy groups -OCH3 is 1. The van der Waals surface area contributed by atoms with Gasteiger partial charge in [0.2, 0.25) is 0 Å². The number of alkyl carbamates (subject to hydrolysis) is 1. The minimum atomic E-state index is -0.491. The van der Waals surface area contributed by atoms with Crippen molar-refractivity contribution in [1.29, 1.82) is 0 Å². The molecule has 1 fully saturated rings. The summed E-state index contributed by atoms with van der Waals surface area (Å²) in [5.74, 6) is 0.472. The first-order valence-electron chi connectivity index (χ1n) is 11.0. The lowest BCUT2D eigenvalue weighted by Gasteiger charge is -2.31. The molecule has 32 heavy (non-hydrogen) atoms. The number of carbonyl (C=O) groups is 1. The topological polar surface area (TPSA) is 84.0 Å². The van der Waals surface area contributed by atoms with Crippen LogP contribution in [0.3, 0.4) is 0 Å². The lowest BCUT2D eigenvalue weighted by molar-refractivity contribution is 0.0490. The molecule has 1 amide bonds. The molecule has 0 radical (unpaired) electrons. The van der Waals surface area contributed by atoms with E-state index in [-0.39, 0.29) is 54.6 Å². The molecule has 0 aliphatic heterocycles. The summed E-state index contributed by atoms with van der Waals surface area (Å²) < 4.78 is 24.2. The van der Waals surface area contributed by atoms with Crippen molar-refractivity contribution in [3.63, 3.8) is 0 Å². The summed E-state index contributed by atoms with van der Waals surface area (Å²) in [7, 11) is 1.55. The Kier molecular flexibility index (Phi) is 12.3. The molecule has 1 aliphatic carbocycles. The van der Waals surface area contributed by atoms with Crippen molar-refractivity contribution >= 4 is 36.0 Å². The molecular weight excluding hydrogens is 526 g/mol. The van der Waals surface area contributed by atoms with E-state index in [0.29, 0.717) is 12.1 Å². The fourth-order valence-corrected chi connectivity index (χ4v) is 3.53. The first kappa shape index (κ1) is 28.4. The van der Waals surface area contributed by atoms with Gasteiger partial charge in [0.15, 0.2) is 5.96 Å². The third-order valence-electron chi connectivity index (χ3n) is 4.96. The molecule has 0 bridgehead atoms. The van der Waals surface area contributed by atoms with Crippen molar-refractivity contribution in [2.24, 2.45) is 4.99 Å². The van der Waals surface area contributed by atoms with E-state index >= 15 is 0 Å². The summed E-state index contributed by atoms with van der Waals surface area (Å²) in [5, 5.41) is 9.72. The fraction of sp³-hybridized carbons (Fsp3) is 0.652. The summed E-state index contributed by atoms with van der Waals surface area (Å²) in [6.45, 7) is 9.04. The summed E-state index contributed by atoms with van der Waals surface area (Å²) in [6.07, 6.45) is 3.27. The van der Waals surface area contributed by atoms with Crippen molar-refractivity contribution < 1.29 is 18.7 Å². The second kappa shape index (κ2) is 13.8. The molecule has 0 aromatic heterocycles. The summed E-state index contributed by atoms with van der Waals surface area (Å²) in [4.78, 5) is 16.6. The number of benzene rings is 1. The highest BCUT2D eigenvalue weighted by Gasteiger charge is 2.25. The van der Waals surface area contributed by atoms with Gasteiger partial charge in [-0.05, 0) is 71.1 Å². The van der Waals surface area contributed by atoms with Gasteiger partial charge in [-0.2, -0.15) is 0 Å². The molecule has 0 saturated heterocycles. The van der Waals surface area contributed by atoms with Crippen molar-refractivity contribution in [3.05, 3.63) is 35.1 Å². The lowest BCUT2D eigenvalue weighted by atomic mass is 9.91. The third kappa shape index (κ3) is 10.3. The highest BCUT2D eigenvalue weighted by atomic mass is 127. The van der Waals surface area contributed by atoms with Crippen molar-refractivity contribution in [3.8, 4) is 0 Å². The maximum atomic E-state index is 13.8. The Morgan fingerprint density at radius 3 is 2.34 bits per heavy atom. The zero-order chi connectivity index (χ0) is 22.9. The molecule has 182 valence electrons. The molecule has 1 saturated carbocycles. The number of guanidine groups is 1. The Balaban J connectivity index is 0.00000512. The smallest absolute Gasteiger partial charge is 0.407 e. The zero-order valence-corrected chi connectivity index (χ0v) is 22.1. The molecule has 1 aromatic carbocycles. The van der Waals surface area contributed by atoms with Crippen molar-refractivity contribution in [1.82, 2.24) is 16.0 Å². The number of nitrogens with zero attached hydrogens (tertiary/aromatic N) is 1. The van der Waals surface area contributed by atoms with Gasteiger partial charge >= 0.3 is 6.09 Å². The van der Waals surface area contributed by atoms with Crippen LogP contribution < -0.4 is 16.0 Å². The molecule has 7 nitrogen and oxygen atoms in total. The van der Waals surface area contributed by atoms with E-state index in [2.05, 4.69) is 20.9 Å². The molecule has 3 N–H and O–H groups in total. The van der Waals surface area contributed by atoms with Crippen molar-refractivity contribution in [2.75, 3.05) is 13.7 Å². The molecule has 2 rings (SSSR count). The molecule has 1 aromatic rings. The van der Waals surface area contributed by atoms with Gasteiger partial charge in [0.1, 0.15) is 11.4 Å². The predicted octanol–water partition coefficient (Wildman–Crippen LogP) is 4.48. The van der Waals surface area contributed by atoms with E-state index < -0.39 is 5.60 Å². The summed E-state index contributed by atoms with van der Waals surface area (Å²) >= 11 is 0. The van der Waals surface area contributed by atoms with E-state index in [9.17, 15) is 9.18 Å². The second-order valence-corrected chi connectivity index (χ2v) is 8.89. The van der Waals surface area contributed by atoms with E-state index in [1.54, 1.807) is 19.2 Å². The zero-order valence-electron chi connectivity index (χ0n) is 19.8. The van der Waals surface area contributed by atoms with Gasteiger partial charge in [-0.25, -0.2) is 14.2 Å². The van der Waals surface area contributed by atoms with Gasteiger partial charge in [0.25, 0.3) is 0 Å². The fourth-order valence-electron chi connectivity index (χ4n) is 3.53. The van der Waals surface area contributed by atoms with Crippen LogP contribution in [0.25, 0.3) is 0 Å². The van der Waals surface area contributed by atoms with Crippen LogP contribution in [0.15, 0.2) is 23.2 Å². The standard InChI is InChI=1S/C23H37FN4O3.HI/c1-6-25-21(26-14-16-7-12-20(24)17(13-16)15-30-5)27-18-8-10-19(11-9-18)28-22(29)31-23(2,3)4;/h7,12-13,18-19H,6,8-11,14-15H2,1-5H3,(H,28,29)(H2,25,26,27);1H. The number of carbonyl (C=O) groups excluding carboxylic acids is 1. The van der Waals surface area contributed by atoms with Gasteiger partial charge in [-0.1, -0.05) is 6.07 Å². The number of hydrogen-bond acceptors (Lipinski definition) is 4. The molecule has 0 spiro atoms. The Morgan fingerprint density at radius 2 is 1.78 bits per heavy atom. The summed E-state index contributed by atoms with van der Waals surface area (Å²) in [5.41, 5.74) is 0.967. The maximum Gasteiger partial charge on any atom is 0.407 e. The van der Waals surface area contributed by atoms with Gasteiger partial charge in [-0.3, -0.25) is 0 Å². The first-order chi connectivity index (χ1) is 14.7. The van der Waals surface area contributed by atoms with Crippen LogP contribution in [0.2, 0.25) is 0 Å². The molecule has 0 atom stereocenters. The first-order valence-corrected chi connectivity index (χ1v) is 11.0. The van der Waals surface area contributed by atoms with Gasteiger partial charge in [0, 0.05) is 31.3 Å². The maximum absolute atomic E-state index is 13.8. The minimum Gasteiger partial charge on any atom is -0.444 e. The number of aliphatic imine (C=N–C) groups is 1. The largest absolute Gasteiger partial charge is 0.444 e. The molecule has 9 heteroatoms. The Bertz CT molecular complexity index is 747. The van der Waals surface area contributed by atoms with E-state index in [1.165, 1.54) is 6.07 Å². The number of rotatable bonds is 7. The van der Waals surface area contributed by atoms with Crippen LogP contribution in [-0.2, 0) is 22.6 Å². The Hall–Kier alpha value is -1.62. The Morgan fingerprint density at radius 1 is 1.16 bits per heavy atom. The molecular formula is C23H38FIN4O3. The number of amides is 1. The third-order valence-corrected chi connectivity index (χ3v) is 4.96. The number of ether oxygens (including phenoxy) is 2. The summed E-state index contributed by atoms with van der Waals surface area (Å²) in [6, 6.07) is 5.41. The molecule has 1 aliphatic rings. The van der Waals surface area contributed by atoms with Crippen molar-refractivity contribution in [2.45, 2.75) is 84.2 Å².